The molecule has 0 spiro atoms. The Morgan fingerprint density at radius 3 is 2.26 bits per heavy atom. The van der Waals surface area contributed by atoms with Gasteiger partial charge >= 0.3 is 0 Å². The molecule has 0 saturated heterocycles. The smallest absolute Gasteiger partial charge is 0.233 e. The average Bonchev–Trinajstić information content (AvgIpc) is 3.24. The van der Waals surface area contributed by atoms with Crippen molar-refractivity contribution in [1.29, 1.82) is 0 Å². The third kappa shape index (κ3) is 21.7. The van der Waals surface area contributed by atoms with E-state index in [0.717, 1.165) is 63.4 Å². The summed E-state index contributed by atoms with van der Waals surface area (Å²) in [6.45, 7) is 10.8. The standard InChI is InChI=1S/C15H18O2.C8H17NO3S.2C2H6/c16-14-10-9-13(12-14)6-4-5-11-17-15-7-2-1-3-8-15;1-3-4-5-6-7-8(10)9-13(2,11)12;2*1-2/h1-4,6-8,13H,5,9-12H2;3-7H2,1-2H3,(H,9,10);2*1-2H3/b6-4+;;;. The number of ether oxygens (including phenoxy) is 1. The lowest BCUT2D eigenvalue weighted by molar-refractivity contribution is -0.119. The number of hydrogen-bond acceptors (Lipinski definition) is 5. The number of nitrogens with one attached hydrogen (secondary N) is 1. The Hall–Kier alpha value is -2.15. The van der Waals surface area contributed by atoms with E-state index in [4.69, 9.17) is 4.74 Å². The van der Waals surface area contributed by atoms with Crippen molar-refractivity contribution in [3.63, 3.8) is 0 Å². The van der Waals surface area contributed by atoms with E-state index < -0.39 is 15.9 Å². The van der Waals surface area contributed by atoms with E-state index in [1.165, 1.54) is 0 Å². The molecule has 0 aliphatic heterocycles. The van der Waals surface area contributed by atoms with Crippen molar-refractivity contribution in [2.24, 2.45) is 5.92 Å². The SMILES string of the molecule is CC.CC.CCCCCCC(=O)NS(C)(=O)=O.O=C1CCC(/C=C/CCOc2ccccc2)C1. The number of benzene rings is 1. The summed E-state index contributed by atoms with van der Waals surface area (Å²) in [6.07, 6.45) is 12.9. The molecule has 1 aromatic carbocycles. The highest BCUT2D eigenvalue weighted by atomic mass is 32.2. The number of sulfonamides is 1. The molecule has 0 radical (unpaired) electrons. The van der Waals surface area contributed by atoms with Crippen LogP contribution in [0.3, 0.4) is 0 Å². The lowest BCUT2D eigenvalue weighted by Crippen LogP contribution is -2.28. The Morgan fingerprint density at radius 2 is 1.74 bits per heavy atom. The van der Waals surface area contributed by atoms with Gasteiger partial charge in [-0.1, -0.05) is 84.2 Å². The maximum absolute atomic E-state index is 11.1. The number of carbonyl (C=O) groups is 2. The van der Waals surface area contributed by atoms with E-state index in [9.17, 15) is 18.0 Å². The minimum Gasteiger partial charge on any atom is -0.493 e. The first-order valence-electron chi connectivity index (χ1n) is 12.7. The summed E-state index contributed by atoms with van der Waals surface area (Å²) < 4.78 is 28.7. The molecule has 6 nitrogen and oxygen atoms in total. The van der Waals surface area contributed by atoms with Gasteiger partial charge < -0.3 is 4.74 Å². The predicted octanol–water partition coefficient (Wildman–Crippen LogP) is 6.47. The number of hydrogen-bond donors (Lipinski definition) is 1. The van der Waals surface area contributed by atoms with E-state index in [-0.39, 0.29) is 0 Å². The Bertz CT molecular complexity index is 760. The third-order valence-corrected chi connectivity index (χ3v) is 5.14. The Kier molecular flexibility index (Phi) is 22.6. The van der Waals surface area contributed by atoms with E-state index in [1.54, 1.807) is 0 Å². The zero-order valence-electron chi connectivity index (χ0n) is 22.1. The largest absolute Gasteiger partial charge is 0.493 e. The molecule has 1 aromatic rings. The molecule has 2 rings (SSSR count). The second-order valence-corrected chi connectivity index (χ2v) is 9.28. The van der Waals surface area contributed by atoms with Crippen molar-refractivity contribution < 1.29 is 22.7 Å². The predicted molar refractivity (Wildman–Crippen MR) is 142 cm³/mol. The molecule has 0 heterocycles. The summed E-state index contributed by atoms with van der Waals surface area (Å²) in [6, 6.07) is 9.83. The number of unbranched alkanes of at least 4 members (excludes halogenated alkanes) is 3. The first-order valence-corrected chi connectivity index (χ1v) is 14.6. The molecule has 1 aliphatic rings. The van der Waals surface area contributed by atoms with Gasteiger partial charge in [-0.25, -0.2) is 8.42 Å². The van der Waals surface area contributed by atoms with Crippen molar-refractivity contribution in [2.75, 3.05) is 12.9 Å². The maximum atomic E-state index is 11.1. The zero-order valence-corrected chi connectivity index (χ0v) is 23.0. The molecular formula is C27H47NO5S. The Balaban J connectivity index is 0. The second kappa shape index (κ2) is 22.6. The molecule has 1 atom stereocenters. The van der Waals surface area contributed by atoms with Gasteiger partial charge in [0.05, 0.1) is 12.9 Å². The van der Waals surface area contributed by atoms with Crippen LogP contribution in [0.5, 0.6) is 5.75 Å². The first kappa shape index (κ1) is 34.0. The fourth-order valence-electron chi connectivity index (χ4n) is 3.03. The van der Waals surface area contributed by atoms with Gasteiger partial charge in [0.15, 0.2) is 0 Å². The van der Waals surface area contributed by atoms with E-state index in [0.29, 0.717) is 24.7 Å². The highest BCUT2D eigenvalue weighted by molar-refractivity contribution is 7.89. The van der Waals surface area contributed by atoms with E-state index >= 15 is 0 Å². The third-order valence-electron chi connectivity index (χ3n) is 4.55. The minimum absolute atomic E-state index is 0.299. The van der Waals surface area contributed by atoms with Gasteiger partial charge in [-0.15, -0.1) is 0 Å². The fourth-order valence-corrected chi connectivity index (χ4v) is 3.54. The topological polar surface area (TPSA) is 89.5 Å². The number of carbonyl (C=O) groups excluding carboxylic acids is 2. The number of amides is 1. The normalized spacial score (nSPS) is 14.6. The van der Waals surface area contributed by atoms with Crippen molar-refractivity contribution in [2.45, 2.75) is 92.4 Å². The van der Waals surface area contributed by atoms with Gasteiger partial charge in [-0.2, -0.15) is 0 Å². The summed E-state index contributed by atoms with van der Waals surface area (Å²) in [5, 5.41) is 0. The summed E-state index contributed by atoms with van der Waals surface area (Å²) in [5.41, 5.74) is 0. The molecule has 0 aromatic heterocycles. The molecule has 1 saturated carbocycles. The van der Waals surface area contributed by atoms with Crippen LogP contribution >= 0.6 is 0 Å². The highest BCUT2D eigenvalue weighted by Crippen LogP contribution is 2.23. The van der Waals surface area contributed by atoms with Crippen molar-refractivity contribution in [1.82, 2.24) is 4.72 Å². The minimum atomic E-state index is -3.37. The number of para-hydroxylation sites is 1. The quantitative estimate of drug-likeness (QED) is 0.280. The van der Waals surface area contributed by atoms with Crippen LogP contribution in [0, 0.1) is 5.92 Å². The molecule has 34 heavy (non-hydrogen) atoms. The zero-order chi connectivity index (χ0) is 26.2. The molecule has 1 N–H and O–H groups in total. The van der Waals surface area contributed by atoms with Crippen LogP contribution in [0.25, 0.3) is 0 Å². The second-order valence-electron chi connectivity index (χ2n) is 7.53. The monoisotopic (exact) mass is 497 g/mol. The van der Waals surface area contributed by atoms with E-state index in [1.807, 2.05) is 62.7 Å². The Morgan fingerprint density at radius 1 is 1.09 bits per heavy atom. The summed E-state index contributed by atoms with van der Waals surface area (Å²) in [5.74, 6) is 1.38. The lowest BCUT2D eigenvalue weighted by Gasteiger charge is -2.03. The van der Waals surface area contributed by atoms with Crippen molar-refractivity contribution in [3.8, 4) is 5.75 Å². The highest BCUT2D eigenvalue weighted by Gasteiger charge is 2.18. The molecule has 1 fully saturated rings. The number of ketones is 1. The van der Waals surface area contributed by atoms with Crippen LogP contribution in [0.15, 0.2) is 42.5 Å². The molecule has 7 heteroatoms. The number of rotatable bonds is 11. The molecule has 1 unspecified atom stereocenters. The first-order chi connectivity index (χ1) is 16.3. The van der Waals surface area contributed by atoms with Crippen LogP contribution < -0.4 is 9.46 Å². The fraction of sp³-hybridized carbons (Fsp3) is 0.630. The lowest BCUT2D eigenvalue weighted by atomic mass is 10.1. The van der Waals surface area contributed by atoms with Gasteiger partial charge in [0.2, 0.25) is 15.9 Å². The van der Waals surface area contributed by atoms with Crippen LogP contribution in [-0.2, 0) is 19.6 Å². The number of Topliss-reactive ketones (excluding diaryl/α,β-unsaturated/α-hetero) is 1. The van der Waals surface area contributed by atoms with E-state index in [2.05, 4.69) is 19.1 Å². The van der Waals surface area contributed by atoms with Gasteiger partial charge in [-0.05, 0) is 37.3 Å². The number of allylic oxidation sites excluding steroid dienone is 1. The van der Waals surface area contributed by atoms with Gasteiger partial charge in [0.1, 0.15) is 11.5 Å². The molecular weight excluding hydrogens is 450 g/mol. The summed E-state index contributed by atoms with van der Waals surface area (Å²) in [7, 11) is -3.37. The van der Waals surface area contributed by atoms with Crippen molar-refractivity contribution in [3.05, 3.63) is 42.5 Å². The van der Waals surface area contributed by atoms with Gasteiger partial charge in [-0.3, -0.25) is 14.3 Å². The van der Waals surface area contributed by atoms with Crippen LogP contribution in [0.2, 0.25) is 0 Å². The summed E-state index contributed by atoms with van der Waals surface area (Å²) >= 11 is 0. The van der Waals surface area contributed by atoms with Crippen molar-refractivity contribution >= 4 is 21.7 Å². The molecule has 196 valence electrons. The van der Waals surface area contributed by atoms with Crippen LogP contribution in [-0.4, -0.2) is 33.0 Å². The van der Waals surface area contributed by atoms with Gasteiger partial charge in [0, 0.05) is 19.3 Å². The molecule has 1 amide bonds. The molecule has 1 aliphatic carbocycles. The average molecular weight is 498 g/mol. The molecule has 0 bridgehead atoms. The van der Waals surface area contributed by atoms with Crippen LogP contribution in [0.1, 0.15) is 92.4 Å². The maximum Gasteiger partial charge on any atom is 0.233 e. The Labute approximate surface area is 208 Å². The summed E-state index contributed by atoms with van der Waals surface area (Å²) in [4.78, 5) is 22.0. The van der Waals surface area contributed by atoms with Gasteiger partial charge in [0.25, 0.3) is 0 Å². The van der Waals surface area contributed by atoms with Crippen LogP contribution in [0.4, 0.5) is 0 Å².